The predicted molar refractivity (Wildman–Crippen MR) is 51.6 cm³/mol. The summed E-state index contributed by atoms with van der Waals surface area (Å²) in [7, 11) is 1.72. The molecule has 0 bridgehead atoms. The van der Waals surface area contributed by atoms with Gasteiger partial charge in [0.25, 0.3) is 0 Å². The number of Topliss-reactive ketones (excluding diaryl/α,β-unsaturated/α-hetero) is 1. The zero-order chi connectivity index (χ0) is 10.3. The highest BCUT2D eigenvalue weighted by atomic mass is 16.2. The van der Waals surface area contributed by atoms with E-state index in [1.54, 1.807) is 11.9 Å². The third-order valence-electron chi connectivity index (χ3n) is 2.91. The molecule has 1 atom stereocenters. The van der Waals surface area contributed by atoms with Crippen LogP contribution in [0.25, 0.3) is 0 Å². The fourth-order valence-electron chi connectivity index (χ4n) is 2.16. The van der Waals surface area contributed by atoms with E-state index in [2.05, 4.69) is 5.32 Å². The van der Waals surface area contributed by atoms with Crippen molar-refractivity contribution in [3.63, 3.8) is 0 Å². The average Bonchev–Trinajstić information content (AvgIpc) is 2.14. The number of ketones is 1. The number of nitrogens with zero attached hydrogens (tertiary/aromatic N) is 1. The van der Waals surface area contributed by atoms with E-state index in [1.807, 2.05) is 6.92 Å². The lowest BCUT2D eigenvalue weighted by Gasteiger charge is -2.35. The molecule has 2 rings (SSSR count). The summed E-state index contributed by atoms with van der Waals surface area (Å²) in [5.74, 6) is 0.186. The molecule has 1 N–H and O–H groups in total. The summed E-state index contributed by atoms with van der Waals surface area (Å²) >= 11 is 0. The highest BCUT2D eigenvalue weighted by molar-refractivity contribution is 6.00. The molecular weight excluding hydrogens is 180 g/mol. The van der Waals surface area contributed by atoms with Crippen LogP contribution in [0.5, 0.6) is 0 Å². The number of hydrogen-bond donors (Lipinski definition) is 1. The maximum absolute atomic E-state index is 11.7. The second-order valence-corrected chi connectivity index (χ2v) is 3.87. The molecule has 0 fully saturated rings. The van der Waals surface area contributed by atoms with Gasteiger partial charge in [-0.1, -0.05) is 0 Å². The normalized spacial score (nSPS) is 27.6. The molecule has 1 aliphatic carbocycles. The largest absolute Gasteiger partial charge is 0.331 e. The van der Waals surface area contributed by atoms with Crippen LogP contribution in [0.3, 0.4) is 0 Å². The number of carbonyl (C=O) groups excluding carboxylic acids is 2. The predicted octanol–water partition coefficient (Wildman–Crippen LogP) is 1.04. The summed E-state index contributed by atoms with van der Waals surface area (Å²) in [6, 6.07) is -0.229. The second-order valence-electron chi connectivity index (χ2n) is 3.87. The lowest BCUT2D eigenvalue weighted by atomic mass is 9.89. The van der Waals surface area contributed by atoms with Gasteiger partial charge in [0, 0.05) is 24.7 Å². The van der Waals surface area contributed by atoms with Crippen molar-refractivity contribution in [3.05, 3.63) is 11.3 Å². The van der Waals surface area contributed by atoms with Crippen LogP contribution in [0.15, 0.2) is 11.3 Å². The number of urea groups is 1. The quantitative estimate of drug-likeness (QED) is 0.626. The molecule has 4 nitrogen and oxygen atoms in total. The molecule has 0 spiro atoms. The van der Waals surface area contributed by atoms with Gasteiger partial charge < -0.3 is 10.2 Å². The number of rotatable bonds is 0. The lowest BCUT2D eigenvalue weighted by Crippen LogP contribution is -2.50. The fraction of sp³-hybridized carbons (Fsp3) is 0.600. The van der Waals surface area contributed by atoms with Crippen LogP contribution in [0.1, 0.15) is 26.2 Å². The van der Waals surface area contributed by atoms with E-state index in [0.717, 1.165) is 24.1 Å². The summed E-state index contributed by atoms with van der Waals surface area (Å²) in [5.41, 5.74) is 1.72. The minimum absolute atomic E-state index is 0.106. The van der Waals surface area contributed by atoms with Crippen molar-refractivity contribution in [2.75, 3.05) is 7.05 Å². The lowest BCUT2D eigenvalue weighted by molar-refractivity contribution is -0.116. The first-order valence-corrected chi connectivity index (χ1v) is 4.91. The molecule has 76 valence electrons. The van der Waals surface area contributed by atoms with E-state index in [9.17, 15) is 9.59 Å². The number of hydrogen-bond acceptors (Lipinski definition) is 2. The summed E-state index contributed by atoms with van der Waals surface area (Å²) in [4.78, 5) is 24.7. The summed E-state index contributed by atoms with van der Waals surface area (Å²) < 4.78 is 0. The SMILES string of the molecule is CC1NC(=O)N(C)C2=C1C(=O)CCC2. The smallest absolute Gasteiger partial charge is 0.321 e. The number of amides is 2. The standard InChI is InChI=1S/C10H14N2O2/c1-6-9-7(4-3-5-8(9)13)12(2)10(14)11-6/h6H,3-5H2,1-2H3,(H,11,14). The van der Waals surface area contributed by atoms with Crippen molar-refractivity contribution in [2.45, 2.75) is 32.2 Å². The topological polar surface area (TPSA) is 49.4 Å². The van der Waals surface area contributed by atoms with Crippen molar-refractivity contribution in [2.24, 2.45) is 0 Å². The Morgan fingerprint density at radius 1 is 1.36 bits per heavy atom. The Morgan fingerprint density at radius 3 is 2.79 bits per heavy atom. The molecular formula is C10H14N2O2. The Hall–Kier alpha value is -1.32. The van der Waals surface area contributed by atoms with Crippen molar-refractivity contribution in [1.82, 2.24) is 10.2 Å². The molecule has 1 aliphatic heterocycles. The first kappa shape index (κ1) is 9.24. The van der Waals surface area contributed by atoms with Crippen molar-refractivity contribution in [1.29, 1.82) is 0 Å². The Bertz CT molecular complexity index is 333. The van der Waals surface area contributed by atoms with Gasteiger partial charge in [0.15, 0.2) is 5.78 Å². The van der Waals surface area contributed by atoms with Gasteiger partial charge in [0.1, 0.15) is 0 Å². The monoisotopic (exact) mass is 194 g/mol. The van der Waals surface area contributed by atoms with Crippen LogP contribution in [0.2, 0.25) is 0 Å². The van der Waals surface area contributed by atoms with Gasteiger partial charge >= 0.3 is 6.03 Å². The van der Waals surface area contributed by atoms with Crippen LogP contribution in [-0.4, -0.2) is 29.8 Å². The zero-order valence-corrected chi connectivity index (χ0v) is 8.46. The second kappa shape index (κ2) is 3.12. The molecule has 2 amide bonds. The van der Waals surface area contributed by atoms with Gasteiger partial charge in [-0.05, 0) is 19.8 Å². The molecule has 0 radical (unpaired) electrons. The molecule has 1 unspecified atom stereocenters. The molecule has 1 heterocycles. The Balaban J connectivity index is 2.45. The van der Waals surface area contributed by atoms with Crippen LogP contribution in [-0.2, 0) is 4.79 Å². The van der Waals surface area contributed by atoms with Gasteiger partial charge in [-0.25, -0.2) is 4.79 Å². The van der Waals surface area contributed by atoms with E-state index in [1.165, 1.54) is 0 Å². The van der Waals surface area contributed by atoms with Crippen molar-refractivity contribution < 1.29 is 9.59 Å². The van der Waals surface area contributed by atoms with Crippen molar-refractivity contribution in [3.8, 4) is 0 Å². The Morgan fingerprint density at radius 2 is 2.07 bits per heavy atom. The van der Waals surface area contributed by atoms with Gasteiger partial charge in [0.2, 0.25) is 0 Å². The van der Waals surface area contributed by atoms with Crippen LogP contribution >= 0.6 is 0 Å². The highest BCUT2D eigenvalue weighted by Gasteiger charge is 2.33. The minimum Gasteiger partial charge on any atom is -0.331 e. The van der Waals surface area contributed by atoms with Crippen LogP contribution in [0, 0.1) is 0 Å². The van der Waals surface area contributed by atoms with E-state index >= 15 is 0 Å². The van der Waals surface area contributed by atoms with Crippen LogP contribution < -0.4 is 5.32 Å². The highest BCUT2D eigenvalue weighted by Crippen LogP contribution is 2.29. The summed E-state index contributed by atoms with van der Waals surface area (Å²) in [6.45, 7) is 1.86. The molecule has 0 saturated heterocycles. The number of carbonyl (C=O) groups is 2. The van der Waals surface area contributed by atoms with Gasteiger partial charge in [-0.15, -0.1) is 0 Å². The third-order valence-corrected chi connectivity index (χ3v) is 2.91. The van der Waals surface area contributed by atoms with E-state index in [-0.39, 0.29) is 17.9 Å². The molecule has 2 aliphatic rings. The average molecular weight is 194 g/mol. The van der Waals surface area contributed by atoms with Crippen molar-refractivity contribution >= 4 is 11.8 Å². The van der Waals surface area contributed by atoms with E-state index in [4.69, 9.17) is 0 Å². The van der Waals surface area contributed by atoms with E-state index < -0.39 is 0 Å². The number of allylic oxidation sites excluding steroid dienone is 1. The van der Waals surface area contributed by atoms with Crippen LogP contribution in [0.4, 0.5) is 4.79 Å². The molecule has 0 aromatic rings. The molecule has 4 heteroatoms. The molecule has 0 aromatic heterocycles. The fourth-order valence-corrected chi connectivity index (χ4v) is 2.16. The van der Waals surface area contributed by atoms with Gasteiger partial charge in [-0.3, -0.25) is 4.79 Å². The summed E-state index contributed by atoms with van der Waals surface area (Å²) in [5, 5.41) is 2.77. The zero-order valence-electron chi connectivity index (χ0n) is 8.46. The Labute approximate surface area is 83.0 Å². The molecule has 14 heavy (non-hydrogen) atoms. The molecule has 0 saturated carbocycles. The van der Waals surface area contributed by atoms with E-state index in [0.29, 0.717) is 6.42 Å². The first-order chi connectivity index (χ1) is 6.61. The third kappa shape index (κ3) is 1.22. The van der Waals surface area contributed by atoms with Gasteiger partial charge in [-0.2, -0.15) is 0 Å². The maximum atomic E-state index is 11.7. The number of nitrogens with one attached hydrogen (secondary N) is 1. The summed E-state index contributed by atoms with van der Waals surface area (Å²) in [6.07, 6.45) is 2.32. The molecule has 0 aromatic carbocycles. The van der Waals surface area contributed by atoms with Gasteiger partial charge in [0.05, 0.1) is 6.04 Å². The maximum Gasteiger partial charge on any atom is 0.321 e. The Kier molecular flexibility index (Phi) is 2.06. The minimum atomic E-state index is -0.124. The first-order valence-electron chi connectivity index (χ1n) is 4.91.